The lowest BCUT2D eigenvalue weighted by molar-refractivity contribution is -0.130. The Kier molecular flexibility index (Phi) is 31.9. The molecule has 0 radical (unpaired) electrons. The zero-order valence-corrected chi connectivity index (χ0v) is 67.4. The fourth-order valence-electron chi connectivity index (χ4n) is 12.1. The summed E-state index contributed by atoms with van der Waals surface area (Å²) in [4.78, 5) is 112. The van der Waals surface area contributed by atoms with E-state index in [1.54, 1.807) is 41.4 Å². The molecule has 8 heterocycles. The molecule has 582 valence electrons. The number of phosphoric ester groups is 1. The van der Waals surface area contributed by atoms with Gasteiger partial charge in [-0.05, 0) is 119 Å². The van der Waals surface area contributed by atoms with Crippen molar-refractivity contribution in [2.75, 3.05) is 104 Å². The first-order valence-corrected chi connectivity index (χ1v) is 46.5. The average Bonchev–Trinajstić information content (AvgIpc) is 1.60. The van der Waals surface area contributed by atoms with Crippen molar-refractivity contribution in [1.29, 1.82) is 0 Å². The molecule has 0 spiro atoms. The quantitative estimate of drug-likeness (QED) is 0.0117. The van der Waals surface area contributed by atoms with Gasteiger partial charge in [-0.2, -0.15) is 0 Å². The van der Waals surface area contributed by atoms with E-state index in [1.165, 1.54) is 83.8 Å². The summed E-state index contributed by atoms with van der Waals surface area (Å²) in [5, 5.41) is 16.0. The number of anilines is 1. The van der Waals surface area contributed by atoms with Crippen molar-refractivity contribution in [3.8, 4) is 0 Å². The summed E-state index contributed by atoms with van der Waals surface area (Å²) in [6.45, 7) is 32.5. The van der Waals surface area contributed by atoms with Gasteiger partial charge in [0.1, 0.15) is 67.9 Å². The number of likely N-dealkylation sites (tertiary alicyclic amines) is 1. The van der Waals surface area contributed by atoms with Crippen LogP contribution in [0.1, 0.15) is 117 Å². The van der Waals surface area contributed by atoms with Crippen LogP contribution in [0.25, 0.3) is 22.2 Å². The Bertz CT molecular complexity index is 3760. The number of aromatic nitrogens is 7. The second-order valence-electron chi connectivity index (χ2n) is 28.4. The van der Waals surface area contributed by atoms with Crippen LogP contribution in [0.4, 0.5) is 15.0 Å². The maximum atomic E-state index is 17.4. The molecule has 5 aromatic rings. The van der Waals surface area contributed by atoms with Gasteiger partial charge in [0.2, 0.25) is 11.8 Å². The fraction of sp³-hybridized carbons (Fsp3) is 0.687. The summed E-state index contributed by atoms with van der Waals surface area (Å²) in [5.41, 5.74) is 0.590. The molecule has 0 aliphatic carbocycles. The number of benzene rings is 1. The molecule has 4 aliphatic rings. The summed E-state index contributed by atoms with van der Waals surface area (Å²) in [7, 11) is -9.75. The predicted molar refractivity (Wildman–Crippen MR) is 399 cm³/mol. The summed E-state index contributed by atoms with van der Waals surface area (Å²) in [6, 6.07) is 8.93. The van der Waals surface area contributed by atoms with Crippen molar-refractivity contribution in [3.05, 3.63) is 77.0 Å². The number of carbonyl (C=O) groups is 4. The number of nitrogens with zero attached hydrogens (tertiary/aromatic N) is 11. The second kappa shape index (κ2) is 38.6. The van der Waals surface area contributed by atoms with Crippen LogP contribution in [0.2, 0.25) is 43.8 Å². The largest absolute Gasteiger partial charge is 0.470 e. The number of hydrogen-bond acceptors (Lipinski definition) is 23. The number of phosphoric acid groups is 1. The Balaban J connectivity index is 0.000000980. The molecule has 4 aliphatic heterocycles. The molecule has 1 aromatic carbocycles. The van der Waals surface area contributed by atoms with Gasteiger partial charge in [0, 0.05) is 39.8 Å². The number of imidazole rings is 1. The Morgan fingerprint density at radius 3 is 2.05 bits per heavy atom. The van der Waals surface area contributed by atoms with Gasteiger partial charge < -0.3 is 77.2 Å². The topological polar surface area (TPSA) is 350 Å². The van der Waals surface area contributed by atoms with Crippen LogP contribution in [0.5, 0.6) is 0 Å². The number of fused-ring (bicyclic) bond motifs is 1. The van der Waals surface area contributed by atoms with E-state index in [4.69, 9.17) is 53.3 Å². The number of alkyl halides is 1. The van der Waals surface area contributed by atoms with Crippen LogP contribution in [0, 0.1) is 0 Å². The van der Waals surface area contributed by atoms with Crippen molar-refractivity contribution < 1.29 is 84.5 Å². The highest BCUT2D eigenvalue weighted by atomic mass is 32.5. The molecule has 4 aromatic heterocycles. The SMILES string of the molecule is CC(=O)N1CCC[C@@H]1CO[P@@](=S)(OC[C@H]1O[C@@H](n2cc3c4c(ncnc42)N(C(=O)c2ccccc2)CCC3)[C@H](F)[C@@H]1OP(=O)(O)O)O[C@@H]1[C@H](O[Si](C)(C)C(C)(C)C)[C@@H](CO)O[C@H]1n1cnc2c(=O)n(CCOCNC(=O)CNC(=O)OCC[Si](C)(C)C)cnc21.CCN(CC)CC.CCN(CC)CC. The lowest BCUT2D eigenvalue weighted by Gasteiger charge is -2.41. The number of ether oxygens (including phenoxy) is 4. The van der Waals surface area contributed by atoms with E-state index in [0.717, 1.165) is 6.04 Å². The first-order chi connectivity index (χ1) is 49.2. The fourth-order valence-corrected chi connectivity index (χ4v) is 16.8. The summed E-state index contributed by atoms with van der Waals surface area (Å²) < 4.78 is 90.1. The third-order valence-electron chi connectivity index (χ3n) is 19.2. The monoisotopic (exact) mass is 1550 g/mol. The minimum Gasteiger partial charge on any atom is -0.450 e. The Morgan fingerprint density at radius 1 is 0.788 bits per heavy atom. The molecular formula is C67H110FN13O18P2SSi2. The van der Waals surface area contributed by atoms with Crippen molar-refractivity contribution in [2.45, 2.75) is 200 Å². The number of nitrogens with one attached hydrogen (secondary N) is 2. The third-order valence-corrected chi connectivity index (χ3v) is 28.2. The molecule has 37 heteroatoms. The van der Waals surface area contributed by atoms with Crippen molar-refractivity contribution >= 4 is 94.6 Å². The molecule has 104 heavy (non-hydrogen) atoms. The first-order valence-electron chi connectivity index (χ1n) is 35.8. The molecule has 0 saturated carbocycles. The lowest BCUT2D eigenvalue weighted by atomic mass is 10.1. The molecule has 0 bridgehead atoms. The summed E-state index contributed by atoms with van der Waals surface area (Å²) in [5.74, 6) is -0.784. The van der Waals surface area contributed by atoms with Crippen LogP contribution >= 0.6 is 14.5 Å². The van der Waals surface area contributed by atoms with Crippen molar-refractivity contribution in [1.82, 2.24) is 59.0 Å². The van der Waals surface area contributed by atoms with Crippen LogP contribution in [-0.2, 0) is 80.4 Å². The van der Waals surface area contributed by atoms with Crippen LogP contribution in [-0.4, -0.2) is 245 Å². The predicted octanol–water partition coefficient (Wildman–Crippen LogP) is 8.13. The number of aliphatic hydroxyl groups is 1. The minimum absolute atomic E-state index is 0.0182. The maximum Gasteiger partial charge on any atom is 0.470 e. The second-order valence-corrected chi connectivity index (χ2v) is 43.0. The van der Waals surface area contributed by atoms with E-state index in [1.807, 2.05) is 33.9 Å². The third kappa shape index (κ3) is 22.8. The van der Waals surface area contributed by atoms with Gasteiger partial charge in [0.25, 0.3) is 11.5 Å². The van der Waals surface area contributed by atoms with Crippen LogP contribution in [0.3, 0.4) is 0 Å². The number of aryl methyl sites for hydroxylation is 1. The Morgan fingerprint density at radius 2 is 1.44 bits per heavy atom. The molecule has 3 saturated heterocycles. The van der Waals surface area contributed by atoms with Crippen molar-refractivity contribution in [2.24, 2.45) is 0 Å². The van der Waals surface area contributed by atoms with E-state index in [-0.39, 0.29) is 74.1 Å². The number of aliphatic hydroxyl groups excluding tert-OH is 1. The minimum atomic E-state index is -5.48. The molecule has 5 N–H and O–H groups in total. The molecular weight excluding hydrogens is 1440 g/mol. The number of carbonyl (C=O) groups excluding carboxylic acids is 4. The van der Waals surface area contributed by atoms with Crippen LogP contribution in [0.15, 0.2) is 60.3 Å². The molecule has 31 nitrogen and oxygen atoms in total. The normalized spacial score (nSPS) is 22.1. The summed E-state index contributed by atoms with van der Waals surface area (Å²) >= 11 is 6.31. The van der Waals surface area contributed by atoms with Crippen molar-refractivity contribution in [3.63, 3.8) is 0 Å². The van der Waals surface area contributed by atoms with E-state index in [0.29, 0.717) is 55.3 Å². The van der Waals surface area contributed by atoms with E-state index >= 15 is 4.39 Å². The zero-order chi connectivity index (χ0) is 76.5. The first kappa shape index (κ1) is 85.8. The summed E-state index contributed by atoms with van der Waals surface area (Å²) in [6.07, 6.45) is -5.82. The maximum absolute atomic E-state index is 17.4. The lowest BCUT2D eigenvalue weighted by Crippen LogP contribution is -2.50. The molecule has 9 rings (SSSR count). The van der Waals surface area contributed by atoms with E-state index in [9.17, 15) is 43.4 Å². The zero-order valence-electron chi connectivity index (χ0n) is 62.8. The number of alkyl carbamates (subject to hydrolysis) is 1. The van der Waals surface area contributed by atoms with Gasteiger partial charge in [0.15, 0.2) is 38.1 Å². The van der Waals surface area contributed by atoms with Crippen LogP contribution < -0.4 is 21.1 Å². The molecule has 0 unspecified atom stereocenters. The van der Waals surface area contributed by atoms with Gasteiger partial charge >= 0.3 is 20.6 Å². The molecule has 10 atom stereocenters. The van der Waals surface area contributed by atoms with E-state index in [2.05, 4.69) is 102 Å². The molecule has 4 amide bonds. The highest BCUT2D eigenvalue weighted by Gasteiger charge is 2.55. The number of halogens is 1. The van der Waals surface area contributed by atoms with E-state index < -0.39 is 122 Å². The number of rotatable bonds is 32. The van der Waals surface area contributed by atoms with Gasteiger partial charge in [-0.15, -0.1) is 0 Å². The van der Waals surface area contributed by atoms with Gasteiger partial charge in [0.05, 0.1) is 57.3 Å². The number of hydrogen-bond donors (Lipinski definition) is 5. The van der Waals surface area contributed by atoms with Gasteiger partial charge in [-0.25, -0.2) is 33.7 Å². The smallest absolute Gasteiger partial charge is 0.450 e. The highest BCUT2D eigenvalue weighted by Crippen LogP contribution is 2.57. The average molecular weight is 1550 g/mol. The van der Waals surface area contributed by atoms with Gasteiger partial charge in [-0.3, -0.25) is 42.3 Å². The Labute approximate surface area is 616 Å². The number of amides is 4. The Hall–Kier alpha value is -5.41. The standard InChI is InChI=1S/C55H80FN11O18P2SSi2.2C6H15N/c1-34(69)64-19-14-18-37(64)28-79-87(88,80-29-39-44(83-86(74,75)76)42(56)52(82-39)66-26-36-17-13-20-65(47-41(36)48(66)59-30-58-47)50(71)35-15-11-10-12-16-35)84-46-45(85-90(8,9)55(2,3)4)38(27-68)81-53(46)67-32-60-43-49(67)61-31-63(51(43)72)21-22-77-33-62-40(70)25-57-54(73)78-23-24-89(5,6)7;2*1-4-7(5-2)6-3/h10-12,15-16,26,30-32,37-39,42,44-46,52-53,68H,13-14,17-25,27-29,33H2,1-9H3,(H,57,73)(H,62,70)(H2,74,75,76);2*4-6H2,1-3H3/t37-,38-,39-,42-,44-,45-,46-,52-,53-,87-;;/m1../s1. The highest BCUT2D eigenvalue weighted by molar-refractivity contribution is 8.07. The van der Waals surface area contributed by atoms with Gasteiger partial charge in [-0.1, -0.05) is 100 Å². The molecule has 3 fully saturated rings.